The number of ketones is 2. The lowest BCUT2D eigenvalue weighted by Gasteiger charge is -2.44. The second-order valence-corrected chi connectivity index (χ2v) is 10.1. The van der Waals surface area contributed by atoms with Gasteiger partial charge in [-0.2, -0.15) is 0 Å². The van der Waals surface area contributed by atoms with Gasteiger partial charge in [0.2, 0.25) is 0 Å². The topological polar surface area (TPSA) is 37.4 Å². The number of fused-ring (bicyclic) bond motifs is 2. The Kier molecular flexibility index (Phi) is 4.50. The van der Waals surface area contributed by atoms with Crippen LogP contribution in [0, 0.1) is 11.2 Å². The van der Waals surface area contributed by atoms with E-state index in [0.29, 0.717) is 40.9 Å². The molecule has 6 rings (SSSR count). The number of benzene rings is 3. The van der Waals surface area contributed by atoms with Gasteiger partial charge in [0.05, 0.1) is 11.4 Å². The van der Waals surface area contributed by atoms with E-state index >= 15 is 4.39 Å². The molecule has 0 amide bonds. The Labute approximate surface area is 198 Å². The molecule has 0 saturated carbocycles. The first kappa shape index (κ1) is 20.8. The summed E-state index contributed by atoms with van der Waals surface area (Å²) < 4.78 is 15.3. The predicted molar refractivity (Wildman–Crippen MR) is 131 cm³/mol. The van der Waals surface area contributed by atoms with E-state index < -0.39 is 5.92 Å². The second kappa shape index (κ2) is 7.36. The number of halogens is 1. The average molecular weight is 450 g/mol. The zero-order chi connectivity index (χ0) is 23.6. The number of Topliss-reactive ketones (excluding diaryl/α,β-unsaturated/α-hetero) is 2. The Balaban J connectivity index is 1.72. The number of allylic oxidation sites excluding steroid dienone is 3. The monoisotopic (exact) mass is 449 g/mol. The van der Waals surface area contributed by atoms with E-state index in [1.54, 1.807) is 18.2 Å². The Morgan fingerprint density at radius 3 is 2.18 bits per heavy atom. The standard InChI is InChI=1S/C30H24FNO2/c1-30(2)16-23-26(24(33)17-30)25(18-10-4-3-5-11-18)27-28(19-12-6-7-13-20(19)29(27)34)32(23)22-15-9-8-14-21(22)31/h3-15,25H,16-17H2,1-2H3. The summed E-state index contributed by atoms with van der Waals surface area (Å²) >= 11 is 0. The van der Waals surface area contributed by atoms with Crippen molar-refractivity contribution in [1.29, 1.82) is 0 Å². The molecule has 0 radical (unpaired) electrons. The van der Waals surface area contributed by atoms with Crippen LogP contribution in [0.5, 0.6) is 0 Å². The first-order valence-corrected chi connectivity index (χ1v) is 11.6. The van der Waals surface area contributed by atoms with E-state index in [0.717, 1.165) is 16.8 Å². The minimum Gasteiger partial charge on any atom is -0.310 e. The molecule has 4 heteroatoms. The minimum absolute atomic E-state index is 0.0248. The molecule has 1 unspecified atom stereocenters. The van der Waals surface area contributed by atoms with Gasteiger partial charge in [-0.15, -0.1) is 0 Å². The summed E-state index contributed by atoms with van der Waals surface area (Å²) in [6.45, 7) is 4.15. The van der Waals surface area contributed by atoms with Gasteiger partial charge in [0.25, 0.3) is 0 Å². The molecule has 0 saturated heterocycles. The normalized spacial score (nSPS) is 20.9. The van der Waals surface area contributed by atoms with Crippen LogP contribution in [0.2, 0.25) is 0 Å². The third kappa shape index (κ3) is 2.95. The Morgan fingerprint density at radius 2 is 1.44 bits per heavy atom. The van der Waals surface area contributed by atoms with Crippen molar-refractivity contribution in [3.05, 3.63) is 118 Å². The molecule has 0 N–H and O–H groups in total. The molecule has 0 aromatic heterocycles. The maximum atomic E-state index is 15.3. The maximum Gasteiger partial charge on any atom is 0.192 e. The Morgan fingerprint density at radius 1 is 0.794 bits per heavy atom. The van der Waals surface area contributed by atoms with Crippen LogP contribution in [-0.4, -0.2) is 11.6 Å². The number of para-hydroxylation sites is 1. The number of hydrogen-bond donors (Lipinski definition) is 0. The Hall–Kier alpha value is -3.79. The molecule has 3 aliphatic rings. The summed E-state index contributed by atoms with van der Waals surface area (Å²) in [5.74, 6) is -0.925. The van der Waals surface area contributed by atoms with Crippen molar-refractivity contribution < 1.29 is 14.0 Å². The number of nitrogens with zero attached hydrogens (tertiary/aromatic N) is 1. The molecule has 34 heavy (non-hydrogen) atoms. The van der Waals surface area contributed by atoms with Crippen molar-refractivity contribution in [3.8, 4) is 0 Å². The van der Waals surface area contributed by atoms with Gasteiger partial charge in [-0.3, -0.25) is 9.59 Å². The Bertz CT molecular complexity index is 1430. The van der Waals surface area contributed by atoms with Crippen molar-refractivity contribution in [2.24, 2.45) is 5.41 Å². The summed E-state index contributed by atoms with van der Waals surface area (Å²) in [6, 6.07) is 23.8. The third-order valence-electron chi connectivity index (χ3n) is 7.12. The van der Waals surface area contributed by atoms with E-state index in [2.05, 4.69) is 13.8 Å². The quantitative estimate of drug-likeness (QED) is 0.438. The molecule has 0 bridgehead atoms. The lowest BCUT2D eigenvalue weighted by atomic mass is 9.68. The molecule has 1 atom stereocenters. The van der Waals surface area contributed by atoms with Crippen LogP contribution < -0.4 is 4.90 Å². The van der Waals surface area contributed by atoms with Gasteiger partial charge in [-0.05, 0) is 29.5 Å². The number of anilines is 1. The van der Waals surface area contributed by atoms with Crippen LogP contribution in [0.4, 0.5) is 10.1 Å². The highest BCUT2D eigenvalue weighted by molar-refractivity contribution is 6.25. The molecule has 1 heterocycles. The van der Waals surface area contributed by atoms with Crippen molar-refractivity contribution in [2.75, 3.05) is 4.90 Å². The third-order valence-corrected chi connectivity index (χ3v) is 7.12. The van der Waals surface area contributed by atoms with E-state index in [4.69, 9.17) is 0 Å². The summed E-state index contributed by atoms with van der Waals surface area (Å²) in [5.41, 5.74) is 5.05. The van der Waals surface area contributed by atoms with Crippen LogP contribution in [-0.2, 0) is 4.79 Å². The summed E-state index contributed by atoms with van der Waals surface area (Å²) in [4.78, 5) is 29.5. The molecule has 0 fully saturated rings. The average Bonchev–Trinajstić information content (AvgIpc) is 3.11. The molecule has 168 valence electrons. The van der Waals surface area contributed by atoms with Gasteiger partial charge < -0.3 is 4.90 Å². The van der Waals surface area contributed by atoms with Crippen LogP contribution in [0.3, 0.4) is 0 Å². The van der Waals surface area contributed by atoms with Crippen molar-refractivity contribution in [1.82, 2.24) is 0 Å². The molecular weight excluding hydrogens is 425 g/mol. The molecule has 3 aromatic carbocycles. The first-order valence-electron chi connectivity index (χ1n) is 11.6. The zero-order valence-electron chi connectivity index (χ0n) is 19.1. The highest BCUT2D eigenvalue weighted by Crippen LogP contribution is 2.56. The fourth-order valence-corrected chi connectivity index (χ4v) is 5.78. The number of hydrogen-bond acceptors (Lipinski definition) is 3. The number of carbonyl (C=O) groups is 2. The van der Waals surface area contributed by atoms with Gasteiger partial charge in [0.1, 0.15) is 5.82 Å². The van der Waals surface area contributed by atoms with Crippen LogP contribution in [0.15, 0.2) is 95.7 Å². The first-order chi connectivity index (χ1) is 16.4. The number of rotatable bonds is 2. The van der Waals surface area contributed by atoms with E-state index in [1.165, 1.54) is 6.07 Å². The van der Waals surface area contributed by atoms with E-state index in [9.17, 15) is 9.59 Å². The molecule has 0 spiro atoms. The lowest BCUT2D eigenvalue weighted by Crippen LogP contribution is -2.39. The smallest absolute Gasteiger partial charge is 0.192 e. The fraction of sp³-hybridized carbons (Fsp3) is 0.200. The van der Waals surface area contributed by atoms with Gasteiger partial charge in [-0.25, -0.2) is 4.39 Å². The van der Waals surface area contributed by atoms with E-state index in [-0.39, 0.29) is 22.8 Å². The SMILES string of the molecule is CC1(C)CC(=O)C2=C(C1)N(c1ccccc1F)C1=C(C(=O)c3ccccc31)C2c1ccccc1. The molecule has 1 aliphatic heterocycles. The van der Waals surface area contributed by atoms with Crippen molar-refractivity contribution >= 4 is 23.0 Å². The van der Waals surface area contributed by atoms with Gasteiger partial charge in [-0.1, -0.05) is 80.6 Å². The predicted octanol–water partition coefficient (Wildman–Crippen LogP) is 6.68. The van der Waals surface area contributed by atoms with Crippen LogP contribution in [0.1, 0.15) is 54.1 Å². The molecular formula is C30H24FNO2. The molecule has 3 nitrogen and oxygen atoms in total. The molecule has 3 aromatic rings. The maximum absolute atomic E-state index is 15.3. The largest absolute Gasteiger partial charge is 0.310 e. The summed E-state index contributed by atoms with van der Waals surface area (Å²) in [5, 5.41) is 0. The fourth-order valence-electron chi connectivity index (χ4n) is 5.78. The minimum atomic E-state index is -0.474. The van der Waals surface area contributed by atoms with Crippen LogP contribution >= 0.6 is 0 Å². The van der Waals surface area contributed by atoms with Crippen molar-refractivity contribution in [2.45, 2.75) is 32.6 Å². The van der Waals surface area contributed by atoms with Gasteiger partial charge in [0, 0.05) is 40.3 Å². The summed E-state index contributed by atoms with van der Waals surface area (Å²) in [7, 11) is 0. The van der Waals surface area contributed by atoms with Gasteiger partial charge >= 0.3 is 0 Å². The highest BCUT2D eigenvalue weighted by Gasteiger charge is 2.49. The van der Waals surface area contributed by atoms with Crippen molar-refractivity contribution in [3.63, 3.8) is 0 Å². The lowest BCUT2D eigenvalue weighted by molar-refractivity contribution is -0.118. The van der Waals surface area contributed by atoms with E-state index in [1.807, 2.05) is 59.5 Å². The zero-order valence-corrected chi connectivity index (χ0v) is 19.1. The number of carbonyl (C=O) groups excluding carboxylic acids is 2. The van der Waals surface area contributed by atoms with Crippen LogP contribution in [0.25, 0.3) is 5.70 Å². The summed E-state index contributed by atoms with van der Waals surface area (Å²) in [6.07, 6.45) is 1.00. The second-order valence-electron chi connectivity index (χ2n) is 10.1. The van der Waals surface area contributed by atoms with Gasteiger partial charge in [0.15, 0.2) is 11.6 Å². The molecule has 2 aliphatic carbocycles. The highest BCUT2D eigenvalue weighted by atomic mass is 19.1.